The fourth-order valence-corrected chi connectivity index (χ4v) is 1.95. The highest BCUT2D eigenvalue weighted by Crippen LogP contribution is 2.32. The van der Waals surface area contributed by atoms with E-state index in [1.165, 1.54) is 12.5 Å². The summed E-state index contributed by atoms with van der Waals surface area (Å²) in [5.74, 6) is -1.68. The van der Waals surface area contributed by atoms with E-state index in [2.05, 4.69) is 10.1 Å². The molecule has 138 valence electrons. The maximum atomic E-state index is 13.0. The molecule has 7 nitrogen and oxygen atoms in total. The van der Waals surface area contributed by atoms with Crippen molar-refractivity contribution in [3.63, 3.8) is 0 Å². The van der Waals surface area contributed by atoms with Crippen LogP contribution in [-0.4, -0.2) is 32.7 Å². The molecule has 1 aromatic carbocycles. The van der Waals surface area contributed by atoms with Gasteiger partial charge in [0.15, 0.2) is 5.82 Å². The normalized spacial score (nSPS) is 11.9. The van der Waals surface area contributed by atoms with Crippen LogP contribution in [0.2, 0.25) is 0 Å². The van der Waals surface area contributed by atoms with Crippen LogP contribution in [0.15, 0.2) is 30.6 Å². The average molecular weight is 368 g/mol. The summed E-state index contributed by atoms with van der Waals surface area (Å²) in [6, 6.07) is 2.63. The van der Waals surface area contributed by atoms with Crippen LogP contribution >= 0.6 is 0 Å². The van der Waals surface area contributed by atoms with Gasteiger partial charge in [-0.05, 0) is 32.0 Å². The van der Waals surface area contributed by atoms with Crippen LogP contribution < -0.4 is 5.73 Å². The lowest BCUT2D eigenvalue weighted by Crippen LogP contribution is -2.14. The monoisotopic (exact) mass is 368 g/mol. The Balaban J connectivity index is 2.33. The summed E-state index contributed by atoms with van der Waals surface area (Å²) < 4.78 is 45.0. The lowest BCUT2D eigenvalue weighted by Gasteiger charge is -2.09. The number of nitrogens with two attached hydrogens (primary N) is 1. The molecule has 1 heterocycles. The van der Waals surface area contributed by atoms with Crippen molar-refractivity contribution in [2.45, 2.75) is 26.1 Å². The topological polar surface area (TPSA) is 100 Å². The number of carbonyl (C=O) groups is 2. The van der Waals surface area contributed by atoms with Gasteiger partial charge in [-0.1, -0.05) is 0 Å². The summed E-state index contributed by atoms with van der Waals surface area (Å²) in [4.78, 5) is 26.6. The van der Waals surface area contributed by atoms with Gasteiger partial charge >= 0.3 is 12.1 Å². The third-order valence-corrected chi connectivity index (χ3v) is 3.03. The van der Waals surface area contributed by atoms with Gasteiger partial charge in [-0.25, -0.2) is 14.5 Å². The van der Waals surface area contributed by atoms with Crippen molar-refractivity contribution in [1.82, 2.24) is 14.8 Å². The number of hydrogen-bond acceptors (Lipinski definition) is 5. The first-order chi connectivity index (χ1) is 12.1. The van der Waals surface area contributed by atoms with E-state index in [0.29, 0.717) is 6.07 Å². The molecule has 1 amide bonds. The van der Waals surface area contributed by atoms with Crippen LogP contribution in [0.3, 0.4) is 0 Å². The van der Waals surface area contributed by atoms with Crippen LogP contribution in [0.5, 0.6) is 0 Å². The van der Waals surface area contributed by atoms with Crippen LogP contribution in [0.4, 0.5) is 13.2 Å². The minimum absolute atomic E-state index is 0.0365. The van der Waals surface area contributed by atoms with E-state index in [9.17, 15) is 22.8 Å². The Morgan fingerprint density at radius 3 is 2.54 bits per heavy atom. The van der Waals surface area contributed by atoms with E-state index < -0.39 is 23.6 Å². The molecule has 26 heavy (non-hydrogen) atoms. The Hall–Kier alpha value is -3.17. The standard InChI is InChI=1S/C16H15F3N4O3/c1-9(2)26-13(24)3-4-23-8-21-15(22-23)11-5-10(14(20)25)6-12(7-11)16(17,18)19/h3-9H,1-2H3,(H2,20,25). The Labute approximate surface area is 146 Å². The van der Waals surface area contributed by atoms with E-state index in [1.54, 1.807) is 13.8 Å². The predicted octanol–water partition coefficient (Wildman–Crippen LogP) is 2.49. The number of hydrogen-bond donors (Lipinski definition) is 1. The predicted molar refractivity (Wildman–Crippen MR) is 85.5 cm³/mol. The summed E-state index contributed by atoms with van der Waals surface area (Å²) >= 11 is 0. The van der Waals surface area contributed by atoms with Gasteiger partial charge in [-0.3, -0.25) is 4.79 Å². The van der Waals surface area contributed by atoms with Gasteiger partial charge in [-0.15, -0.1) is 5.10 Å². The van der Waals surface area contributed by atoms with Crippen LogP contribution in [0, 0.1) is 0 Å². The van der Waals surface area contributed by atoms with Crippen molar-refractivity contribution in [2.75, 3.05) is 0 Å². The van der Waals surface area contributed by atoms with Crippen LogP contribution in [-0.2, 0) is 15.7 Å². The van der Waals surface area contributed by atoms with Gasteiger partial charge in [0.1, 0.15) is 6.33 Å². The first-order valence-corrected chi connectivity index (χ1v) is 7.38. The van der Waals surface area contributed by atoms with E-state index in [4.69, 9.17) is 10.5 Å². The maximum absolute atomic E-state index is 13.0. The summed E-state index contributed by atoms with van der Waals surface area (Å²) in [7, 11) is 0. The number of amides is 1. The lowest BCUT2D eigenvalue weighted by molar-refractivity contribution is -0.141. The zero-order valence-electron chi connectivity index (χ0n) is 13.8. The molecular formula is C16H15F3N4O3. The lowest BCUT2D eigenvalue weighted by atomic mass is 10.0. The minimum Gasteiger partial charge on any atom is -0.460 e. The number of esters is 1. The number of carbonyl (C=O) groups excluding carboxylic acids is 2. The van der Waals surface area contributed by atoms with Crippen molar-refractivity contribution in [3.8, 4) is 11.4 Å². The van der Waals surface area contributed by atoms with Gasteiger partial charge in [0.25, 0.3) is 0 Å². The number of benzene rings is 1. The molecule has 0 atom stereocenters. The molecule has 10 heteroatoms. The molecule has 2 aromatic rings. The van der Waals surface area contributed by atoms with E-state index >= 15 is 0 Å². The van der Waals surface area contributed by atoms with Gasteiger partial charge in [0, 0.05) is 23.4 Å². The third-order valence-electron chi connectivity index (χ3n) is 3.03. The average Bonchev–Trinajstić information content (AvgIpc) is 3.00. The largest absolute Gasteiger partial charge is 0.460 e. The summed E-state index contributed by atoms with van der Waals surface area (Å²) in [5.41, 5.74) is 3.68. The first kappa shape index (κ1) is 19.2. The molecule has 0 aliphatic heterocycles. The molecule has 0 unspecified atom stereocenters. The molecule has 1 aromatic heterocycles. The molecule has 0 fully saturated rings. The number of rotatable bonds is 5. The zero-order chi connectivity index (χ0) is 19.5. The maximum Gasteiger partial charge on any atom is 0.416 e. The Morgan fingerprint density at radius 1 is 1.27 bits per heavy atom. The minimum atomic E-state index is -4.66. The zero-order valence-corrected chi connectivity index (χ0v) is 13.8. The summed E-state index contributed by atoms with van der Waals surface area (Å²) in [6.45, 7) is 3.37. The molecule has 0 aliphatic carbocycles. The molecule has 0 aliphatic rings. The Bertz CT molecular complexity index is 857. The number of aromatic nitrogens is 3. The van der Waals surface area contributed by atoms with E-state index in [1.807, 2.05) is 0 Å². The SMILES string of the molecule is CC(C)OC(=O)C=Cn1cnc(-c2cc(C(N)=O)cc(C(F)(F)F)c2)n1. The van der Waals surface area contributed by atoms with Crippen molar-refractivity contribution < 1.29 is 27.5 Å². The molecule has 0 spiro atoms. The second kappa shape index (κ2) is 7.38. The highest BCUT2D eigenvalue weighted by atomic mass is 19.4. The number of nitrogens with zero attached hydrogens (tertiary/aromatic N) is 3. The smallest absolute Gasteiger partial charge is 0.416 e. The summed E-state index contributed by atoms with van der Waals surface area (Å²) in [6.07, 6.45) is -1.43. The molecule has 0 saturated carbocycles. The van der Waals surface area contributed by atoms with Gasteiger partial charge in [0.05, 0.1) is 11.7 Å². The number of ether oxygens (including phenoxy) is 1. The van der Waals surface area contributed by atoms with Crippen molar-refractivity contribution >= 4 is 18.1 Å². The molecule has 2 rings (SSSR count). The molecule has 2 N–H and O–H groups in total. The fraction of sp³-hybridized carbons (Fsp3) is 0.250. The highest BCUT2D eigenvalue weighted by Gasteiger charge is 2.32. The quantitative estimate of drug-likeness (QED) is 0.646. The summed E-state index contributed by atoms with van der Waals surface area (Å²) in [5, 5.41) is 3.95. The van der Waals surface area contributed by atoms with Crippen LogP contribution in [0.1, 0.15) is 29.8 Å². The number of halogens is 3. The van der Waals surface area contributed by atoms with Crippen molar-refractivity contribution in [3.05, 3.63) is 41.7 Å². The third kappa shape index (κ3) is 4.91. The first-order valence-electron chi connectivity index (χ1n) is 7.38. The van der Waals surface area contributed by atoms with E-state index in [-0.39, 0.29) is 23.1 Å². The van der Waals surface area contributed by atoms with Gasteiger partial charge in [-0.2, -0.15) is 13.2 Å². The number of primary amides is 1. The molecule has 0 radical (unpaired) electrons. The second-order valence-corrected chi connectivity index (χ2v) is 5.51. The van der Waals surface area contributed by atoms with Crippen molar-refractivity contribution in [2.24, 2.45) is 5.73 Å². The highest BCUT2D eigenvalue weighted by molar-refractivity contribution is 5.94. The number of alkyl halides is 3. The Morgan fingerprint density at radius 2 is 1.96 bits per heavy atom. The Kier molecular flexibility index (Phi) is 5.44. The fourth-order valence-electron chi connectivity index (χ4n) is 1.95. The molecule has 0 saturated heterocycles. The van der Waals surface area contributed by atoms with E-state index in [0.717, 1.165) is 22.9 Å². The molecule has 0 bridgehead atoms. The van der Waals surface area contributed by atoms with Gasteiger partial charge in [0.2, 0.25) is 5.91 Å². The second-order valence-electron chi connectivity index (χ2n) is 5.51. The molecular weight excluding hydrogens is 353 g/mol. The van der Waals surface area contributed by atoms with Gasteiger partial charge < -0.3 is 10.5 Å². The van der Waals surface area contributed by atoms with Crippen molar-refractivity contribution in [1.29, 1.82) is 0 Å². The van der Waals surface area contributed by atoms with Crippen LogP contribution in [0.25, 0.3) is 17.6 Å².